The summed E-state index contributed by atoms with van der Waals surface area (Å²) in [6.07, 6.45) is 3.34. The van der Waals surface area contributed by atoms with Gasteiger partial charge in [0.15, 0.2) is 0 Å². The summed E-state index contributed by atoms with van der Waals surface area (Å²) in [4.78, 5) is 32.3. The van der Waals surface area contributed by atoms with Gasteiger partial charge in [-0.15, -0.1) is 0 Å². The molecule has 1 aromatic heterocycles. The molecule has 6 nitrogen and oxygen atoms in total. The number of Topliss-reactive ketones (excluding diaryl/α,β-unsaturated/α-hetero) is 1. The van der Waals surface area contributed by atoms with E-state index in [2.05, 4.69) is 24.9 Å². The average Bonchev–Trinajstić information content (AvgIpc) is 3.21. The normalized spacial score (nSPS) is 16.5. The Morgan fingerprint density at radius 2 is 1.68 bits per heavy atom. The molecule has 0 radical (unpaired) electrons. The number of aliphatic hydroxyl groups is 1. The first-order valence-corrected chi connectivity index (χ1v) is 13.4. The topological polar surface area (TPSA) is 79.7 Å². The molecular weight excluding hydrogens is 500 g/mol. The zero-order chi connectivity index (χ0) is 28.2. The highest BCUT2D eigenvalue weighted by Gasteiger charge is 2.46. The van der Waals surface area contributed by atoms with Gasteiger partial charge >= 0.3 is 0 Å². The second-order valence-electron chi connectivity index (χ2n) is 10.4. The van der Waals surface area contributed by atoms with Gasteiger partial charge < -0.3 is 14.7 Å². The Bertz CT molecular complexity index is 1540. The summed E-state index contributed by atoms with van der Waals surface area (Å²) in [7, 11) is 0. The summed E-state index contributed by atoms with van der Waals surface area (Å²) in [6.45, 7) is 6.86. The monoisotopic (exact) mass is 532 g/mol. The standard InChI is InChI=1S/C34H32N2O4/c1-22(2)26-9-11-27(12-10-26)31-30(33(38)34(39)36(31)20-25-8-5-17-35-19-25)32(37)28-13-15-29(16-14-28)40-21-24-7-4-6-23(3)18-24/h4-19,22,31,37H,20-21H2,1-3H3/t31-/m1/s1. The fourth-order valence-electron chi connectivity index (χ4n) is 4.97. The molecule has 1 aliphatic rings. The number of ether oxygens (including phenoxy) is 1. The number of rotatable bonds is 8. The van der Waals surface area contributed by atoms with Crippen molar-refractivity contribution in [3.8, 4) is 5.75 Å². The van der Waals surface area contributed by atoms with Crippen molar-refractivity contribution in [1.29, 1.82) is 0 Å². The lowest BCUT2D eigenvalue weighted by Crippen LogP contribution is -2.29. The van der Waals surface area contributed by atoms with Crippen LogP contribution in [0, 0.1) is 6.92 Å². The number of hydrogen-bond donors (Lipinski definition) is 1. The SMILES string of the molecule is Cc1cccc(COc2ccc(C(O)=C3C(=O)C(=O)N(Cc4cccnc4)[C@@H]3c3ccc(C(C)C)cc3)cc2)c1. The molecule has 1 amide bonds. The highest BCUT2D eigenvalue weighted by atomic mass is 16.5. The highest BCUT2D eigenvalue weighted by molar-refractivity contribution is 6.46. The minimum atomic E-state index is -0.737. The molecule has 0 unspecified atom stereocenters. The molecule has 1 fully saturated rings. The molecule has 2 heterocycles. The number of carbonyl (C=O) groups is 2. The van der Waals surface area contributed by atoms with Gasteiger partial charge in [0.1, 0.15) is 18.1 Å². The molecule has 40 heavy (non-hydrogen) atoms. The van der Waals surface area contributed by atoms with Gasteiger partial charge in [-0.1, -0.05) is 74.0 Å². The summed E-state index contributed by atoms with van der Waals surface area (Å²) in [5.41, 5.74) is 5.43. The average molecular weight is 533 g/mol. The van der Waals surface area contributed by atoms with Crippen LogP contribution < -0.4 is 4.74 Å². The van der Waals surface area contributed by atoms with Crippen molar-refractivity contribution in [3.05, 3.63) is 136 Å². The van der Waals surface area contributed by atoms with E-state index in [-0.39, 0.29) is 17.9 Å². The molecule has 1 N–H and O–H groups in total. The quantitative estimate of drug-likeness (QED) is 0.155. The Kier molecular flexibility index (Phi) is 7.78. The Hall–Kier alpha value is -4.71. The van der Waals surface area contributed by atoms with Gasteiger partial charge in [0.05, 0.1) is 11.6 Å². The second-order valence-corrected chi connectivity index (χ2v) is 10.4. The molecule has 0 spiro atoms. The van der Waals surface area contributed by atoms with E-state index >= 15 is 0 Å². The lowest BCUT2D eigenvalue weighted by molar-refractivity contribution is -0.140. The minimum Gasteiger partial charge on any atom is -0.507 e. The van der Waals surface area contributed by atoms with E-state index in [0.29, 0.717) is 23.8 Å². The number of hydrogen-bond acceptors (Lipinski definition) is 5. The van der Waals surface area contributed by atoms with Crippen molar-refractivity contribution in [2.24, 2.45) is 0 Å². The number of nitrogens with zero attached hydrogens (tertiary/aromatic N) is 2. The summed E-state index contributed by atoms with van der Waals surface area (Å²) >= 11 is 0. The lowest BCUT2D eigenvalue weighted by atomic mass is 9.93. The first-order valence-electron chi connectivity index (χ1n) is 13.4. The smallest absolute Gasteiger partial charge is 0.295 e. The zero-order valence-corrected chi connectivity index (χ0v) is 22.9. The number of aryl methyl sites for hydroxylation is 1. The molecular formula is C34H32N2O4. The van der Waals surface area contributed by atoms with Crippen molar-refractivity contribution >= 4 is 17.4 Å². The maximum absolute atomic E-state index is 13.4. The fourth-order valence-corrected chi connectivity index (χ4v) is 4.97. The number of amides is 1. The molecule has 6 heteroatoms. The van der Waals surface area contributed by atoms with Crippen LogP contribution in [-0.2, 0) is 22.7 Å². The summed E-state index contributed by atoms with van der Waals surface area (Å²) in [5, 5.41) is 11.4. The largest absolute Gasteiger partial charge is 0.507 e. The van der Waals surface area contributed by atoms with E-state index in [4.69, 9.17) is 4.74 Å². The molecule has 202 valence electrons. The lowest BCUT2D eigenvalue weighted by Gasteiger charge is -2.25. The molecule has 0 bridgehead atoms. The first kappa shape index (κ1) is 26.9. The van der Waals surface area contributed by atoms with E-state index < -0.39 is 17.7 Å². The van der Waals surface area contributed by atoms with Crippen molar-refractivity contribution in [1.82, 2.24) is 9.88 Å². The predicted molar refractivity (Wildman–Crippen MR) is 155 cm³/mol. The first-order chi connectivity index (χ1) is 19.3. The summed E-state index contributed by atoms with van der Waals surface area (Å²) < 4.78 is 5.92. The van der Waals surface area contributed by atoms with Crippen LogP contribution >= 0.6 is 0 Å². The van der Waals surface area contributed by atoms with E-state index in [1.165, 1.54) is 4.90 Å². The predicted octanol–water partition coefficient (Wildman–Crippen LogP) is 6.71. The van der Waals surface area contributed by atoms with E-state index in [1.54, 1.807) is 42.7 Å². The molecule has 1 aliphatic heterocycles. The van der Waals surface area contributed by atoms with Gasteiger partial charge in [0.2, 0.25) is 0 Å². The van der Waals surface area contributed by atoms with Gasteiger partial charge in [-0.05, 0) is 65.4 Å². The summed E-state index contributed by atoms with van der Waals surface area (Å²) in [5.74, 6) is -0.603. The van der Waals surface area contributed by atoms with Crippen LogP contribution in [0.4, 0.5) is 0 Å². The Balaban J connectivity index is 1.48. The van der Waals surface area contributed by atoms with Crippen molar-refractivity contribution in [3.63, 3.8) is 0 Å². The van der Waals surface area contributed by atoms with Crippen LogP contribution in [0.25, 0.3) is 5.76 Å². The van der Waals surface area contributed by atoms with Gasteiger partial charge in [-0.25, -0.2) is 0 Å². The molecule has 0 saturated carbocycles. The van der Waals surface area contributed by atoms with Gasteiger partial charge in [0.25, 0.3) is 11.7 Å². The van der Waals surface area contributed by atoms with E-state index in [1.807, 2.05) is 55.5 Å². The maximum Gasteiger partial charge on any atom is 0.295 e. The fraction of sp³-hybridized carbons (Fsp3) is 0.206. The zero-order valence-electron chi connectivity index (χ0n) is 22.9. The van der Waals surface area contributed by atoms with E-state index in [9.17, 15) is 14.7 Å². The van der Waals surface area contributed by atoms with Crippen molar-refractivity contribution < 1.29 is 19.4 Å². The van der Waals surface area contributed by atoms with Crippen LogP contribution in [-0.4, -0.2) is 26.7 Å². The second kappa shape index (κ2) is 11.6. The Labute approximate surface area is 234 Å². The molecule has 0 aliphatic carbocycles. The third-order valence-electron chi connectivity index (χ3n) is 7.15. The van der Waals surface area contributed by atoms with E-state index in [0.717, 1.165) is 27.8 Å². The maximum atomic E-state index is 13.4. The summed E-state index contributed by atoms with van der Waals surface area (Å²) in [6, 6.07) is 25.8. The molecule has 1 atom stereocenters. The number of carbonyl (C=O) groups excluding carboxylic acids is 2. The van der Waals surface area contributed by atoms with Gasteiger partial charge in [-0.2, -0.15) is 0 Å². The number of likely N-dealkylation sites (tertiary alicyclic amines) is 1. The third kappa shape index (κ3) is 5.66. The molecule has 3 aromatic carbocycles. The highest BCUT2D eigenvalue weighted by Crippen LogP contribution is 2.40. The third-order valence-corrected chi connectivity index (χ3v) is 7.15. The minimum absolute atomic E-state index is 0.0691. The van der Waals surface area contributed by atoms with Gasteiger partial charge in [0, 0.05) is 24.5 Å². The number of aromatic nitrogens is 1. The number of benzene rings is 3. The number of ketones is 1. The number of aliphatic hydroxyl groups excluding tert-OH is 1. The Morgan fingerprint density at radius 3 is 2.33 bits per heavy atom. The van der Waals surface area contributed by atoms with Crippen molar-refractivity contribution in [2.75, 3.05) is 0 Å². The molecule has 5 rings (SSSR count). The van der Waals surface area contributed by atoms with Crippen LogP contribution in [0.5, 0.6) is 5.75 Å². The van der Waals surface area contributed by atoms with Crippen LogP contribution in [0.3, 0.4) is 0 Å². The van der Waals surface area contributed by atoms with Crippen LogP contribution in [0.2, 0.25) is 0 Å². The molecule has 4 aromatic rings. The van der Waals surface area contributed by atoms with Crippen LogP contribution in [0.15, 0.2) is 103 Å². The number of pyridine rings is 1. The molecule has 1 saturated heterocycles. The Morgan fingerprint density at radius 1 is 0.950 bits per heavy atom. The van der Waals surface area contributed by atoms with Crippen molar-refractivity contribution in [2.45, 2.75) is 45.9 Å². The van der Waals surface area contributed by atoms with Gasteiger partial charge in [-0.3, -0.25) is 14.6 Å². The van der Waals surface area contributed by atoms with Crippen LogP contribution in [0.1, 0.15) is 59.2 Å².